The van der Waals surface area contributed by atoms with Gasteiger partial charge in [0.15, 0.2) is 0 Å². The van der Waals surface area contributed by atoms with Crippen molar-refractivity contribution < 1.29 is 48.1 Å². The number of thioether (sulfide) groups is 2. The van der Waals surface area contributed by atoms with Crippen molar-refractivity contribution in [3.05, 3.63) is 71.8 Å². The van der Waals surface area contributed by atoms with E-state index in [0.29, 0.717) is 69.0 Å². The molecular formula is C54H82N6O10S2. The molecule has 0 aromatic heterocycles. The summed E-state index contributed by atoms with van der Waals surface area (Å²) in [6.07, 6.45) is 14.3. The molecule has 0 heterocycles. The third-order valence-electron chi connectivity index (χ3n) is 13.2. The zero-order valence-electron chi connectivity index (χ0n) is 42.6. The lowest BCUT2D eigenvalue weighted by Crippen LogP contribution is -2.57. The molecule has 2 aromatic rings. The third-order valence-corrected chi connectivity index (χ3v) is 15.2. The highest BCUT2D eigenvalue weighted by atomic mass is 32.2. The second-order valence-electron chi connectivity index (χ2n) is 19.6. The number of ether oxygens (including phenoxy) is 2. The van der Waals surface area contributed by atoms with Gasteiger partial charge in [-0.1, -0.05) is 139 Å². The van der Waals surface area contributed by atoms with E-state index in [1.54, 1.807) is 0 Å². The van der Waals surface area contributed by atoms with E-state index in [4.69, 9.17) is 15.2 Å². The standard InChI is InChI=1S/C54H82N6O10S2/c1-38(2)33-44(51(64)58-43(50(55)63)34-41-19-11-5-12-20-41)59-52(65)46(56-48(61)25-23-39-15-7-3-8-16-39)36-71-31-29-69-27-28-70-30-32-72-37-47(57-49(62)26-24-40-17-9-4-10-18-40)53(66)60-45(54(67)68)35-42-21-13-6-14-22-42/h5-6,11-14,19-22,38-40,43-47H,3-4,7-10,15-18,23-37H2,1-2H3,(H2,55,63)(H,56,61)(H,57,62)(H,58,64)(H,59,65)(H,60,66)(H,67,68)/t43-,44-,45-,46-,47-/m0/s1. The van der Waals surface area contributed by atoms with Gasteiger partial charge in [0.2, 0.25) is 35.4 Å². The fourth-order valence-corrected chi connectivity index (χ4v) is 10.9. The van der Waals surface area contributed by atoms with Gasteiger partial charge < -0.3 is 46.9 Å². The van der Waals surface area contributed by atoms with Gasteiger partial charge in [0.1, 0.15) is 30.2 Å². The van der Waals surface area contributed by atoms with Crippen LogP contribution in [0, 0.1) is 17.8 Å². The van der Waals surface area contributed by atoms with E-state index in [-0.39, 0.29) is 42.1 Å². The molecule has 16 nitrogen and oxygen atoms in total. The summed E-state index contributed by atoms with van der Waals surface area (Å²) in [6.45, 7) is 5.22. The van der Waals surface area contributed by atoms with Gasteiger partial charge in [-0.05, 0) is 48.1 Å². The molecule has 6 amide bonds. The van der Waals surface area contributed by atoms with E-state index >= 15 is 0 Å². The summed E-state index contributed by atoms with van der Waals surface area (Å²) in [4.78, 5) is 91.9. The summed E-state index contributed by atoms with van der Waals surface area (Å²) in [5, 5.41) is 24.0. The lowest BCUT2D eigenvalue weighted by molar-refractivity contribution is -0.142. The maximum atomic E-state index is 13.9. The molecule has 0 aliphatic heterocycles. The zero-order chi connectivity index (χ0) is 51.9. The Morgan fingerprint density at radius 2 is 0.958 bits per heavy atom. The van der Waals surface area contributed by atoms with E-state index in [9.17, 15) is 38.7 Å². The first kappa shape index (κ1) is 59.9. The van der Waals surface area contributed by atoms with Crippen molar-refractivity contribution in [1.82, 2.24) is 26.6 Å². The van der Waals surface area contributed by atoms with Crippen LogP contribution in [0.25, 0.3) is 0 Å². The highest BCUT2D eigenvalue weighted by Crippen LogP contribution is 2.28. The van der Waals surface area contributed by atoms with Gasteiger partial charge in [0.05, 0.1) is 26.4 Å². The molecule has 2 aliphatic rings. The molecule has 0 unspecified atom stereocenters. The number of nitrogens with one attached hydrogen (secondary N) is 5. The predicted molar refractivity (Wildman–Crippen MR) is 284 cm³/mol. The topological polar surface area (TPSA) is 244 Å². The first-order chi connectivity index (χ1) is 34.8. The SMILES string of the molecule is CC(C)C[C@H](NC(=O)[C@H](CSCCOCCOCCSC[C@H](NC(=O)CCC1CCCCC1)C(=O)N[C@@H](Cc1ccccc1)C(=O)O)NC(=O)CCC1CCCCC1)C(=O)N[C@@H](Cc1ccccc1)C(N)=O. The summed E-state index contributed by atoms with van der Waals surface area (Å²) >= 11 is 2.87. The second kappa shape index (κ2) is 34.7. The monoisotopic (exact) mass is 1040 g/mol. The number of carboxylic acids is 1. The number of amides is 6. The summed E-state index contributed by atoms with van der Waals surface area (Å²) in [7, 11) is 0. The summed E-state index contributed by atoms with van der Waals surface area (Å²) in [5.41, 5.74) is 7.29. The fraction of sp³-hybridized carbons (Fsp3) is 0.648. The van der Waals surface area contributed by atoms with Gasteiger partial charge in [0, 0.05) is 48.7 Å². The van der Waals surface area contributed by atoms with Crippen molar-refractivity contribution in [2.45, 2.75) is 153 Å². The summed E-state index contributed by atoms with van der Waals surface area (Å²) in [6, 6.07) is 13.4. The van der Waals surface area contributed by atoms with Crippen molar-refractivity contribution in [2.75, 3.05) is 49.4 Å². The number of aliphatic carboxylic acids is 1. The van der Waals surface area contributed by atoms with E-state index < -0.39 is 59.8 Å². The van der Waals surface area contributed by atoms with E-state index in [0.717, 1.165) is 49.7 Å². The molecule has 72 heavy (non-hydrogen) atoms. The Hall–Kier alpha value is -4.65. The average molecular weight is 1040 g/mol. The molecule has 2 fully saturated rings. The first-order valence-electron chi connectivity index (χ1n) is 26.2. The van der Waals surface area contributed by atoms with E-state index in [2.05, 4.69) is 26.6 Å². The predicted octanol–water partition coefficient (Wildman–Crippen LogP) is 5.73. The molecule has 4 rings (SSSR count). The number of hydrogen-bond donors (Lipinski definition) is 7. The lowest BCUT2D eigenvalue weighted by Gasteiger charge is -2.26. The number of primary amides is 1. The van der Waals surface area contributed by atoms with Gasteiger partial charge in [-0.25, -0.2) is 4.79 Å². The minimum atomic E-state index is -1.15. The summed E-state index contributed by atoms with van der Waals surface area (Å²) in [5.74, 6) is -1.27. The van der Waals surface area contributed by atoms with Crippen molar-refractivity contribution in [1.29, 1.82) is 0 Å². The zero-order valence-corrected chi connectivity index (χ0v) is 44.2. The van der Waals surface area contributed by atoms with Crippen LogP contribution in [-0.4, -0.2) is 126 Å². The van der Waals surface area contributed by atoms with Crippen LogP contribution in [0.15, 0.2) is 60.7 Å². The van der Waals surface area contributed by atoms with Gasteiger partial charge >= 0.3 is 5.97 Å². The quantitative estimate of drug-likeness (QED) is 0.0410. The van der Waals surface area contributed by atoms with Crippen LogP contribution in [0.1, 0.15) is 121 Å². The first-order valence-corrected chi connectivity index (χ1v) is 28.5. The average Bonchev–Trinajstić information content (AvgIpc) is 3.37. The molecule has 5 atom stereocenters. The van der Waals surface area contributed by atoms with Crippen molar-refractivity contribution in [3.8, 4) is 0 Å². The minimum Gasteiger partial charge on any atom is -0.480 e. The van der Waals surface area contributed by atoms with Crippen molar-refractivity contribution in [3.63, 3.8) is 0 Å². The van der Waals surface area contributed by atoms with Crippen molar-refractivity contribution in [2.24, 2.45) is 23.5 Å². The molecule has 400 valence electrons. The number of benzene rings is 2. The Labute approximate surface area is 435 Å². The molecule has 8 N–H and O–H groups in total. The molecular weight excluding hydrogens is 957 g/mol. The van der Waals surface area contributed by atoms with Gasteiger partial charge in [-0.15, -0.1) is 0 Å². The van der Waals surface area contributed by atoms with Crippen LogP contribution in [0.2, 0.25) is 0 Å². The highest BCUT2D eigenvalue weighted by Gasteiger charge is 2.31. The Morgan fingerprint density at radius 3 is 1.38 bits per heavy atom. The molecule has 0 spiro atoms. The molecule has 0 bridgehead atoms. The van der Waals surface area contributed by atoms with E-state index in [1.807, 2.05) is 74.5 Å². The molecule has 2 aromatic carbocycles. The highest BCUT2D eigenvalue weighted by molar-refractivity contribution is 7.99. The van der Waals surface area contributed by atoms with Gasteiger partial charge in [-0.2, -0.15) is 23.5 Å². The van der Waals surface area contributed by atoms with Crippen LogP contribution in [0.4, 0.5) is 0 Å². The number of nitrogens with two attached hydrogens (primary N) is 1. The van der Waals surface area contributed by atoms with Crippen LogP contribution in [0.5, 0.6) is 0 Å². The maximum Gasteiger partial charge on any atom is 0.326 e. The second-order valence-corrected chi connectivity index (χ2v) is 21.9. The van der Waals surface area contributed by atoms with E-state index in [1.165, 1.54) is 62.0 Å². The molecule has 18 heteroatoms. The largest absolute Gasteiger partial charge is 0.480 e. The Kier molecular flexibility index (Phi) is 28.9. The minimum absolute atomic E-state index is 0.0240. The summed E-state index contributed by atoms with van der Waals surface area (Å²) < 4.78 is 11.6. The Balaban J connectivity index is 1.22. The molecule has 0 radical (unpaired) electrons. The van der Waals surface area contributed by atoms with Gasteiger partial charge in [-0.3, -0.25) is 28.8 Å². The lowest BCUT2D eigenvalue weighted by atomic mass is 9.86. The number of hydrogen-bond acceptors (Lipinski definition) is 11. The third kappa shape index (κ3) is 24.9. The van der Waals surface area contributed by atoms with Crippen LogP contribution >= 0.6 is 23.5 Å². The maximum absolute atomic E-state index is 13.9. The molecule has 0 saturated heterocycles. The molecule has 2 saturated carbocycles. The number of carboxylic acid groups (broad SMARTS) is 1. The number of carbonyl (C=O) groups excluding carboxylic acids is 6. The Bertz CT molecular complexity index is 1940. The number of carbonyl (C=O) groups is 7. The number of rotatable bonds is 35. The normalized spacial score (nSPS) is 16.4. The Morgan fingerprint density at radius 1 is 0.556 bits per heavy atom. The fourth-order valence-electron chi connectivity index (χ4n) is 9.12. The van der Waals surface area contributed by atoms with Crippen LogP contribution in [-0.2, 0) is 55.9 Å². The molecule has 2 aliphatic carbocycles. The van der Waals surface area contributed by atoms with Crippen LogP contribution < -0.4 is 32.3 Å². The van der Waals surface area contributed by atoms with Crippen LogP contribution in [0.3, 0.4) is 0 Å². The van der Waals surface area contributed by atoms with Gasteiger partial charge in [0.25, 0.3) is 0 Å². The smallest absolute Gasteiger partial charge is 0.326 e. The van der Waals surface area contributed by atoms with Crippen molar-refractivity contribution >= 4 is 64.9 Å².